The van der Waals surface area contributed by atoms with Crippen LogP contribution in [0.2, 0.25) is 0 Å². The predicted molar refractivity (Wildman–Crippen MR) is 89.1 cm³/mol. The van der Waals surface area contributed by atoms with E-state index in [0.29, 0.717) is 38.5 Å². The number of anilines is 1. The van der Waals surface area contributed by atoms with Crippen molar-refractivity contribution in [2.45, 2.75) is 6.92 Å². The number of carbonyl (C=O) groups excluding carboxylic acids is 2. The van der Waals surface area contributed by atoms with Crippen LogP contribution in [0.4, 0.5) is 5.69 Å². The van der Waals surface area contributed by atoms with E-state index in [2.05, 4.69) is 5.32 Å². The Hall–Kier alpha value is -3.01. The third kappa shape index (κ3) is 4.74. The zero-order valence-corrected chi connectivity index (χ0v) is 13.6. The first-order chi connectivity index (χ1) is 11.7. The summed E-state index contributed by atoms with van der Waals surface area (Å²) in [6, 6.07) is 8.89. The SMILES string of the molecule is CCOc1ccc(NC(=O)/C(C#N)=C\N2CCN(C=O)CC2)cc1. The molecule has 1 aliphatic rings. The average Bonchev–Trinajstić information content (AvgIpc) is 2.62. The van der Waals surface area contributed by atoms with Crippen LogP contribution in [-0.2, 0) is 9.59 Å². The highest BCUT2D eigenvalue weighted by Gasteiger charge is 2.16. The molecular formula is C17H20N4O3. The van der Waals surface area contributed by atoms with E-state index >= 15 is 0 Å². The van der Waals surface area contributed by atoms with Crippen LogP contribution in [0.5, 0.6) is 5.75 Å². The number of nitriles is 1. The maximum absolute atomic E-state index is 12.2. The molecule has 0 aromatic heterocycles. The smallest absolute Gasteiger partial charge is 0.267 e. The van der Waals surface area contributed by atoms with E-state index in [4.69, 9.17) is 4.74 Å². The summed E-state index contributed by atoms with van der Waals surface area (Å²) >= 11 is 0. The number of hydrogen-bond acceptors (Lipinski definition) is 5. The third-order valence-electron chi connectivity index (χ3n) is 3.60. The Morgan fingerprint density at radius 2 is 1.88 bits per heavy atom. The largest absolute Gasteiger partial charge is 0.494 e. The highest BCUT2D eigenvalue weighted by Crippen LogP contribution is 2.16. The minimum Gasteiger partial charge on any atom is -0.494 e. The summed E-state index contributed by atoms with van der Waals surface area (Å²) in [4.78, 5) is 26.4. The van der Waals surface area contributed by atoms with Crippen LogP contribution in [0.25, 0.3) is 0 Å². The number of hydrogen-bond donors (Lipinski definition) is 1. The zero-order valence-electron chi connectivity index (χ0n) is 13.6. The lowest BCUT2D eigenvalue weighted by Gasteiger charge is -2.31. The van der Waals surface area contributed by atoms with Gasteiger partial charge in [0.2, 0.25) is 6.41 Å². The van der Waals surface area contributed by atoms with E-state index in [1.807, 2.05) is 17.9 Å². The minimum absolute atomic E-state index is 0.0310. The van der Waals surface area contributed by atoms with Gasteiger partial charge in [0.15, 0.2) is 0 Å². The van der Waals surface area contributed by atoms with Gasteiger partial charge < -0.3 is 19.9 Å². The minimum atomic E-state index is -0.459. The molecule has 1 aromatic carbocycles. The normalized spacial score (nSPS) is 14.8. The van der Waals surface area contributed by atoms with Gasteiger partial charge in [0.05, 0.1) is 6.61 Å². The van der Waals surface area contributed by atoms with Gasteiger partial charge in [-0.15, -0.1) is 0 Å². The molecule has 1 aromatic rings. The van der Waals surface area contributed by atoms with E-state index < -0.39 is 5.91 Å². The fourth-order valence-corrected chi connectivity index (χ4v) is 2.29. The molecular weight excluding hydrogens is 308 g/mol. The molecule has 1 heterocycles. The standard InChI is InChI=1S/C17H20N4O3/c1-2-24-16-5-3-15(4-6-16)19-17(23)14(11-18)12-20-7-9-21(13-22)10-8-20/h3-6,12-13H,2,7-10H2,1H3,(H,19,23)/b14-12-. The highest BCUT2D eigenvalue weighted by molar-refractivity contribution is 6.06. The van der Waals surface area contributed by atoms with Gasteiger partial charge in [0.1, 0.15) is 17.4 Å². The van der Waals surface area contributed by atoms with Crippen LogP contribution in [0.15, 0.2) is 36.0 Å². The first kappa shape index (κ1) is 17.3. The van der Waals surface area contributed by atoms with E-state index in [9.17, 15) is 14.9 Å². The fraction of sp³-hybridized carbons (Fsp3) is 0.353. The van der Waals surface area contributed by atoms with Crippen molar-refractivity contribution < 1.29 is 14.3 Å². The molecule has 1 aliphatic heterocycles. The number of piperazine rings is 1. The van der Waals surface area contributed by atoms with Gasteiger partial charge in [-0.3, -0.25) is 9.59 Å². The highest BCUT2D eigenvalue weighted by atomic mass is 16.5. The molecule has 0 atom stereocenters. The number of amides is 2. The van der Waals surface area contributed by atoms with Crippen molar-refractivity contribution in [1.82, 2.24) is 9.80 Å². The van der Waals surface area contributed by atoms with Crippen molar-refractivity contribution in [1.29, 1.82) is 5.26 Å². The number of carbonyl (C=O) groups is 2. The van der Waals surface area contributed by atoms with E-state index in [1.165, 1.54) is 0 Å². The maximum atomic E-state index is 12.2. The summed E-state index contributed by atoms with van der Waals surface area (Å²) < 4.78 is 5.34. The molecule has 0 unspecified atom stereocenters. The van der Waals surface area contributed by atoms with Crippen molar-refractivity contribution in [3.05, 3.63) is 36.0 Å². The fourth-order valence-electron chi connectivity index (χ4n) is 2.29. The maximum Gasteiger partial charge on any atom is 0.267 e. The lowest BCUT2D eigenvalue weighted by Crippen LogP contribution is -2.43. The Morgan fingerprint density at radius 3 is 2.42 bits per heavy atom. The monoisotopic (exact) mass is 328 g/mol. The van der Waals surface area contributed by atoms with Crippen molar-refractivity contribution in [2.24, 2.45) is 0 Å². The van der Waals surface area contributed by atoms with Crippen LogP contribution >= 0.6 is 0 Å². The van der Waals surface area contributed by atoms with Crippen LogP contribution in [-0.4, -0.2) is 54.9 Å². The van der Waals surface area contributed by atoms with Crippen LogP contribution in [0, 0.1) is 11.3 Å². The van der Waals surface area contributed by atoms with Gasteiger partial charge in [-0.25, -0.2) is 0 Å². The second-order valence-electron chi connectivity index (χ2n) is 5.24. The van der Waals surface area contributed by atoms with Gasteiger partial charge in [0.25, 0.3) is 5.91 Å². The predicted octanol–water partition coefficient (Wildman–Crippen LogP) is 1.21. The molecule has 2 amide bonds. The molecule has 0 aliphatic carbocycles. The average molecular weight is 328 g/mol. The summed E-state index contributed by atoms with van der Waals surface area (Å²) in [7, 11) is 0. The van der Waals surface area contributed by atoms with Gasteiger partial charge >= 0.3 is 0 Å². The van der Waals surface area contributed by atoms with Gasteiger partial charge in [0, 0.05) is 38.1 Å². The summed E-state index contributed by atoms with van der Waals surface area (Å²) in [6.07, 6.45) is 2.36. The Morgan fingerprint density at radius 1 is 1.25 bits per heavy atom. The van der Waals surface area contributed by atoms with Crippen molar-refractivity contribution in [3.8, 4) is 11.8 Å². The molecule has 24 heavy (non-hydrogen) atoms. The lowest BCUT2D eigenvalue weighted by atomic mass is 10.2. The zero-order chi connectivity index (χ0) is 17.4. The van der Waals surface area contributed by atoms with Crippen LogP contribution < -0.4 is 10.1 Å². The molecule has 1 saturated heterocycles. The van der Waals surface area contributed by atoms with E-state index in [0.717, 1.165) is 12.2 Å². The first-order valence-electron chi connectivity index (χ1n) is 7.75. The molecule has 126 valence electrons. The molecule has 1 fully saturated rings. The topological polar surface area (TPSA) is 85.7 Å². The van der Waals surface area contributed by atoms with Crippen LogP contribution in [0.1, 0.15) is 6.92 Å². The van der Waals surface area contributed by atoms with Crippen LogP contribution in [0.3, 0.4) is 0 Å². The molecule has 0 bridgehead atoms. The molecule has 7 nitrogen and oxygen atoms in total. The summed E-state index contributed by atoms with van der Waals surface area (Å²) in [5.74, 6) is 0.263. The molecule has 0 radical (unpaired) electrons. The third-order valence-corrected chi connectivity index (χ3v) is 3.60. The second-order valence-corrected chi connectivity index (χ2v) is 5.24. The second kappa shape index (κ2) is 8.58. The van der Waals surface area contributed by atoms with E-state index in [1.54, 1.807) is 35.4 Å². The Labute approximate surface area is 141 Å². The Bertz CT molecular complexity index is 641. The summed E-state index contributed by atoms with van der Waals surface area (Å²) in [5.41, 5.74) is 0.624. The Kier molecular flexibility index (Phi) is 6.20. The molecule has 7 heteroatoms. The molecule has 2 rings (SSSR count). The number of nitrogens with one attached hydrogen (secondary N) is 1. The number of ether oxygens (including phenoxy) is 1. The molecule has 0 saturated carbocycles. The lowest BCUT2D eigenvalue weighted by molar-refractivity contribution is -0.119. The number of rotatable bonds is 6. The van der Waals surface area contributed by atoms with E-state index in [-0.39, 0.29) is 5.57 Å². The quantitative estimate of drug-likeness (QED) is 0.482. The van der Waals surface area contributed by atoms with Gasteiger partial charge in [-0.1, -0.05) is 0 Å². The number of nitrogens with zero attached hydrogens (tertiary/aromatic N) is 3. The molecule has 1 N–H and O–H groups in total. The van der Waals surface area contributed by atoms with Crippen molar-refractivity contribution >= 4 is 18.0 Å². The van der Waals surface area contributed by atoms with Crippen molar-refractivity contribution in [2.75, 3.05) is 38.1 Å². The number of benzene rings is 1. The van der Waals surface area contributed by atoms with Gasteiger partial charge in [-0.05, 0) is 31.2 Å². The first-order valence-corrected chi connectivity index (χ1v) is 7.75. The summed E-state index contributed by atoms with van der Waals surface area (Å²) in [5, 5.41) is 11.9. The molecule has 0 spiro atoms. The van der Waals surface area contributed by atoms with Crippen molar-refractivity contribution in [3.63, 3.8) is 0 Å². The van der Waals surface area contributed by atoms with Gasteiger partial charge in [-0.2, -0.15) is 5.26 Å². The Balaban J connectivity index is 1.97. The summed E-state index contributed by atoms with van der Waals surface area (Å²) in [6.45, 7) is 4.83.